The Bertz CT molecular complexity index is 877. The molecule has 1 aromatic heterocycles. The van der Waals surface area contributed by atoms with Gasteiger partial charge in [0.2, 0.25) is 5.78 Å². The van der Waals surface area contributed by atoms with Crippen molar-refractivity contribution in [2.24, 2.45) is 0 Å². The van der Waals surface area contributed by atoms with Crippen molar-refractivity contribution in [3.05, 3.63) is 65.9 Å². The molecule has 1 heterocycles. The minimum absolute atomic E-state index is 0.0823. The van der Waals surface area contributed by atoms with Crippen molar-refractivity contribution in [2.75, 3.05) is 0 Å². The summed E-state index contributed by atoms with van der Waals surface area (Å²) >= 11 is 0. The van der Waals surface area contributed by atoms with Crippen LogP contribution >= 0.6 is 0 Å². The molecule has 0 amide bonds. The van der Waals surface area contributed by atoms with E-state index in [1.807, 2.05) is 31.2 Å². The number of nitrogens with one attached hydrogen (secondary N) is 1. The number of ether oxygens (including phenoxy) is 1. The van der Waals surface area contributed by atoms with Crippen LogP contribution < -0.4 is 4.74 Å². The van der Waals surface area contributed by atoms with Gasteiger partial charge in [-0.1, -0.05) is 25.1 Å². The first-order valence-corrected chi connectivity index (χ1v) is 8.00. The normalized spacial score (nSPS) is 12.1. The molecule has 0 spiro atoms. The zero-order chi connectivity index (χ0) is 17.1. The molecule has 4 nitrogen and oxygen atoms in total. The van der Waals surface area contributed by atoms with E-state index < -0.39 is 6.10 Å². The van der Waals surface area contributed by atoms with E-state index in [-0.39, 0.29) is 11.6 Å². The first-order chi connectivity index (χ1) is 11.6. The highest BCUT2D eigenvalue weighted by molar-refractivity contribution is 6.09. The fraction of sp³-hybridized carbons (Fsp3) is 0.200. The average Bonchev–Trinajstić information content (AvgIpc) is 3.05. The van der Waals surface area contributed by atoms with Gasteiger partial charge in [0, 0.05) is 34.6 Å². The van der Waals surface area contributed by atoms with E-state index in [4.69, 9.17) is 4.74 Å². The fourth-order valence-corrected chi connectivity index (χ4v) is 2.68. The van der Waals surface area contributed by atoms with Crippen molar-refractivity contribution in [1.82, 2.24) is 4.98 Å². The molecule has 0 bridgehead atoms. The molecule has 0 aliphatic heterocycles. The SMILES string of the molecule is CCC(=O)c1ccc(O[C@H](C)C(=O)c2c[nH]c3ccccc23)cc1. The van der Waals surface area contributed by atoms with Crippen LogP contribution in [-0.2, 0) is 0 Å². The molecule has 1 atom stereocenters. The van der Waals surface area contributed by atoms with Gasteiger partial charge in [0.1, 0.15) is 5.75 Å². The molecule has 24 heavy (non-hydrogen) atoms. The smallest absolute Gasteiger partial charge is 0.205 e. The maximum Gasteiger partial charge on any atom is 0.205 e. The predicted octanol–water partition coefficient (Wildman–Crippen LogP) is 4.41. The number of aromatic nitrogens is 1. The maximum atomic E-state index is 12.6. The van der Waals surface area contributed by atoms with Crippen LogP contribution in [0.25, 0.3) is 10.9 Å². The predicted molar refractivity (Wildman–Crippen MR) is 93.8 cm³/mol. The maximum absolute atomic E-state index is 12.6. The largest absolute Gasteiger partial charge is 0.483 e. The Morgan fingerprint density at radius 3 is 2.50 bits per heavy atom. The van der Waals surface area contributed by atoms with Crippen LogP contribution in [0.5, 0.6) is 5.75 Å². The van der Waals surface area contributed by atoms with Gasteiger partial charge in [0.25, 0.3) is 0 Å². The Morgan fingerprint density at radius 1 is 1.08 bits per heavy atom. The van der Waals surface area contributed by atoms with Crippen LogP contribution in [0.4, 0.5) is 0 Å². The Balaban J connectivity index is 1.75. The number of carbonyl (C=O) groups excluding carboxylic acids is 2. The number of aromatic amines is 1. The topological polar surface area (TPSA) is 59.2 Å². The first kappa shape index (κ1) is 16.0. The highest BCUT2D eigenvalue weighted by Crippen LogP contribution is 2.21. The summed E-state index contributed by atoms with van der Waals surface area (Å²) in [4.78, 5) is 27.4. The number of para-hydroxylation sites is 1. The molecule has 0 aliphatic carbocycles. The van der Waals surface area contributed by atoms with Gasteiger partial charge in [-0.3, -0.25) is 9.59 Å². The second kappa shape index (κ2) is 6.71. The zero-order valence-electron chi connectivity index (χ0n) is 13.7. The van der Waals surface area contributed by atoms with Gasteiger partial charge >= 0.3 is 0 Å². The highest BCUT2D eigenvalue weighted by Gasteiger charge is 2.20. The van der Waals surface area contributed by atoms with Crippen LogP contribution in [0.15, 0.2) is 54.7 Å². The van der Waals surface area contributed by atoms with Gasteiger partial charge in [0.05, 0.1) is 0 Å². The van der Waals surface area contributed by atoms with E-state index in [0.29, 0.717) is 23.3 Å². The number of ketones is 2. The summed E-state index contributed by atoms with van der Waals surface area (Å²) in [6.07, 6.45) is 1.57. The van der Waals surface area contributed by atoms with Gasteiger partial charge < -0.3 is 9.72 Å². The standard InChI is InChI=1S/C20H19NO3/c1-3-19(22)14-8-10-15(11-9-14)24-13(2)20(23)17-12-21-18-7-5-4-6-16(17)18/h4-13,21H,3H2,1-2H3/t13-/m1/s1. The van der Waals surface area contributed by atoms with E-state index in [1.165, 1.54) is 0 Å². The van der Waals surface area contributed by atoms with Gasteiger partial charge in [-0.2, -0.15) is 0 Å². The Morgan fingerprint density at radius 2 is 1.79 bits per heavy atom. The molecular weight excluding hydrogens is 302 g/mol. The van der Waals surface area contributed by atoms with Crippen molar-refractivity contribution < 1.29 is 14.3 Å². The average molecular weight is 321 g/mol. The van der Waals surface area contributed by atoms with Crippen LogP contribution in [0.3, 0.4) is 0 Å². The van der Waals surface area contributed by atoms with Crippen molar-refractivity contribution in [3.8, 4) is 5.75 Å². The summed E-state index contributed by atoms with van der Waals surface area (Å²) in [6.45, 7) is 3.56. The number of benzene rings is 2. The van der Waals surface area contributed by atoms with Gasteiger partial charge in [-0.05, 0) is 37.3 Å². The molecule has 0 unspecified atom stereocenters. The Kier molecular flexibility index (Phi) is 4.47. The Hall–Kier alpha value is -2.88. The lowest BCUT2D eigenvalue weighted by atomic mass is 10.1. The van der Waals surface area contributed by atoms with E-state index in [1.54, 1.807) is 37.4 Å². The number of fused-ring (bicyclic) bond motifs is 1. The third kappa shape index (κ3) is 3.08. The fourth-order valence-electron chi connectivity index (χ4n) is 2.68. The molecule has 1 N–H and O–H groups in total. The highest BCUT2D eigenvalue weighted by atomic mass is 16.5. The number of Topliss-reactive ketones (excluding diaryl/α,β-unsaturated/α-hetero) is 2. The van der Waals surface area contributed by atoms with Crippen LogP contribution in [0.2, 0.25) is 0 Å². The van der Waals surface area contributed by atoms with E-state index in [9.17, 15) is 9.59 Å². The lowest BCUT2D eigenvalue weighted by Gasteiger charge is -2.13. The second-order valence-electron chi connectivity index (χ2n) is 5.67. The lowest BCUT2D eigenvalue weighted by molar-refractivity contribution is 0.0819. The molecule has 0 fully saturated rings. The number of rotatable bonds is 6. The van der Waals surface area contributed by atoms with Gasteiger partial charge in [-0.15, -0.1) is 0 Å². The summed E-state index contributed by atoms with van der Waals surface area (Å²) < 4.78 is 5.74. The monoisotopic (exact) mass is 321 g/mol. The summed E-state index contributed by atoms with van der Waals surface area (Å²) in [7, 11) is 0. The zero-order valence-corrected chi connectivity index (χ0v) is 13.7. The minimum atomic E-state index is -0.614. The van der Waals surface area contributed by atoms with Gasteiger partial charge in [0.15, 0.2) is 11.9 Å². The molecule has 0 radical (unpaired) electrons. The molecule has 0 aliphatic rings. The number of H-pyrrole nitrogens is 1. The number of carbonyl (C=O) groups is 2. The molecule has 122 valence electrons. The number of hydrogen-bond donors (Lipinski definition) is 1. The number of hydrogen-bond acceptors (Lipinski definition) is 3. The van der Waals surface area contributed by atoms with Crippen LogP contribution in [0.1, 0.15) is 41.0 Å². The summed E-state index contributed by atoms with van der Waals surface area (Å²) in [5, 5.41) is 0.891. The summed E-state index contributed by atoms with van der Waals surface area (Å²) in [6, 6.07) is 14.6. The molecule has 3 aromatic rings. The van der Waals surface area contributed by atoms with E-state index in [0.717, 1.165) is 10.9 Å². The summed E-state index contributed by atoms with van der Waals surface area (Å²) in [5.74, 6) is 0.578. The summed E-state index contributed by atoms with van der Waals surface area (Å²) in [5.41, 5.74) is 2.20. The van der Waals surface area contributed by atoms with Crippen molar-refractivity contribution in [1.29, 1.82) is 0 Å². The van der Waals surface area contributed by atoms with Crippen molar-refractivity contribution >= 4 is 22.5 Å². The second-order valence-corrected chi connectivity index (χ2v) is 5.67. The Labute approximate surface area is 140 Å². The molecule has 0 saturated carbocycles. The minimum Gasteiger partial charge on any atom is -0.483 e. The third-order valence-electron chi connectivity index (χ3n) is 4.03. The molecule has 4 heteroatoms. The molecule has 0 saturated heterocycles. The quantitative estimate of drug-likeness (QED) is 0.684. The van der Waals surface area contributed by atoms with Crippen molar-refractivity contribution in [2.45, 2.75) is 26.4 Å². The van der Waals surface area contributed by atoms with E-state index in [2.05, 4.69) is 4.98 Å². The van der Waals surface area contributed by atoms with Crippen molar-refractivity contribution in [3.63, 3.8) is 0 Å². The lowest BCUT2D eigenvalue weighted by Crippen LogP contribution is -2.23. The third-order valence-corrected chi connectivity index (χ3v) is 4.03. The molecule has 3 rings (SSSR count). The molecular formula is C20H19NO3. The van der Waals surface area contributed by atoms with Crippen LogP contribution in [-0.4, -0.2) is 22.7 Å². The van der Waals surface area contributed by atoms with Crippen LogP contribution in [0, 0.1) is 0 Å². The van der Waals surface area contributed by atoms with Gasteiger partial charge in [-0.25, -0.2) is 0 Å². The van der Waals surface area contributed by atoms with E-state index >= 15 is 0 Å². The first-order valence-electron chi connectivity index (χ1n) is 8.00. The molecule has 2 aromatic carbocycles.